The van der Waals surface area contributed by atoms with Gasteiger partial charge in [0.1, 0.15) is 11.6 Å². The average Bonchev–Trinajstić information content (AvgIpc) is 2.28. The van der Waals surface area contributed by atoms with Crippen LogP contribution in [0.2, 0.25) is 0 Å². The molecule has 0 saturated carbocycles. The molecule has 0 aliphatic heterocycles. The van der Waals surface area contributed by atoms with Gasteiger partial charge in [-0.1, -0.05) is 12.1 Å². The van der Waals surface area contributed by atoms with Crippen LogP contribution in [0.5, 0.6) is 0 Å². The number of benzene rings is 1. The lowest BCUT2D eigenvalue weighted by Crippen LogP contribution is -2.04. The minimum Gasteiger partial charge on any atom is -0.383 e. The van der Waals surface area contributed by atoms with Gasteiger partial charge in [-0.15, -0.1) is 0 Å². The monoisotopic (exact) mass is 253 g/mol. The third-order valence-corrected chi connectivity index (χ3v) is 2.46. The van der Waals surface area contributed by atoms with Gasteiger partial charge in [-0.3, -0.25) is 0 Å². The maximum Gasteiger partial charge on any atom is 0.416 e. The molecule has 0 radical (unpaired) electrons. The molecule has 94 valence electrons. The van der Waals surface area contributed by atoms with Crippen molar-refractivity contribution in [2.75, 3.05) is 5.73 Å². The van der Waals surface area contributed by atoms with E-state index in [4.69, 9.17) is 5.73 Å². The molecule has 0 aliphatic rings. The van der Waals surface area contributed by atoms with Crippen molar-refractivity contribution in [3.05, 3.63) is 41.9 Å². The van der Waals surface area contributed by atoms with Crippen LogP contribution in [0.3, 0.4) is 0 Å². The number of hydrogen-bond acceptors (Lipinski definition) is 3. The second-order valence-corrected chi connectivity index (χ2v) is 3.79. The Morgan fingerprint density at radius 1 is 1.11 bits per heavy atom. The molecule has 2 N–H and O–H groups in total. The van der Waals surface area contributed by atoms with Crippen molar-refractivity contribution in [3.63, 3.8) is 0 Å². The van der Waals surface area contributed by atoms with Crippen LogP contribution < -0.4 is 5.73 Å². The quantitative estimate of drug-likeness (QED) is 0.849. The molecule has 2 aromatic rings. The molecule has 0 saturated heterocycles. The zero-order chi connectivity index (χ0) is 13.3. The van der Waals surface area contributed by atoms with Gasteiger partial charge in [0.25, 0.3) is 0 Å². The third-order valence-electron chi connectivity index (χ3n) is 2.46. The Balaban J connectivity index is 2.41. The Hall–Kier alpha value is -2.11. The summed E-state index contributed by atoms with van der Waals surface area (Å²) in [6, 6.07) is 4.73. The van der Waals surface area contributed by atoms with E-state index in [1.165, 1.54) is 18.3 Å². The summed E-state index contributed by atoms with van der Waals surface area (Å²) in [7, 11) is 0. The van der Waals surface area contributed by atoms with E-state index in [0.29, 0.717) is 17.0 Å². The topological polar surface area (TPSA) is 51.8 Å². The van der Waals surface area contributed by atoms with Gasteiger partial charge in [-0.2, -0.15) is 13.2 Å². The fourth-order valence-electron chi connectivity index (χ4n) is 1.55. The van der Waals surface area contributed by atoms with E-state index in [0.717, 1.165) is 12.1 Å². The van der Waals surface area contributed by atoms with Crippen molar-refractivity contribution in [1.29, 1.82) is 0 Å². The van der Waals surface area contributed by atoms with Gasteiger partial charge in [0.15, 0.2) is 0 Å². The molecule has 0 atom stereocenters. The number of nitrogens with zero attached hydrogens (tertiary/aromatic N) is 2. The maximum atomic E-state index is 12.4. The van der Waals surface area contributed by atoms with Crippen molar-refractivity contribution < 1.29 is 13.2 Å². The summed E-state index contributed by atoms with van der Waals surface area (Å²) < 4.78 is 37.2. The predicted molar refractivity (Wildman–Crippen MR) is 61.6 cm³/mol. The lowest BCUT2D eigenvalue weighted by Gasteiger charge is -2.08. The van der Waals surface area contributed by atoms with E-state index in [2.05, 4.69) is 9.97 Å². The Labute approximate surface area is 101 Å². The second kappa shape index (κ2) is 4.29. The van der Waals surface area contributed by atoms with Crippen LogP contribution in [-0.2, 0) is 6.18 Å². The van der Waals surface area contributed by atoms with Crippen molar-refractivity contribution in [3.8, 4) is 11.1 Å². The summed E-state index contributed by atoms with van der Waals surface area (Å²) in [6.07, 6.45) is -2.84. The van der Waals surface area contributed by atoms with Gasteiger partial charge in [-0.05, 0) is 24.6 Å². The van der Waals surface area contributed by atoms with Crippen LogP contribution in [0.15, 0.2) is 30.5 Å². The summed E-state index contributed by atoms with van der Waals surface area (Å²) in [5, 5.41) is 0. The predicted octanol–water partition coefficient (Wildman–Crippen LogP) is 3.05. The maximum absolute atomic E-state index is 12.4. The van der Waals surface area contributed by atoms with Gasteiger partial charge in [0, 0.05) is 11.8 Å². The highest BCUT2D eigenvalue weighted by Crippen LogP contribution is 2.31. The highest BCUT2D eigenvalue weighted by molar-refractivity contribution is 5.72. The number of alkyl halides is 3. The second-order valence-electron chi connectivity index (χ2n) is 3.79. The minimum atomic E-state index is -4.34. The van der Waals surface area contributed by atoms with Crippen LogP contribution in [-0.4, -0.2) is 9.97 Å². The zero-order valence-corrected chi connectivity index (χ0v) is 9.49. The molecule has 0 amide bonds. The first-order valence-corrected chi connectivity index (χ1v) is 5.14. The molecular weight excluding hydrogens is 243 g/mol. The summed E-state index contributed by atoms with van der Waals surface area (Å²) in [6.45, 7) is 1.69. The number of halogens is 3. The summed E-state index contributed by atoms with van der Waals surface area (Å²) in [5.74, 6) is 0.769. The normalized spacial score (nSPS) is 11.6. The van der Waals surface area contributed by atoms with Gasteiger partial charge >= 0.3 is 6.18 Å². The van der Waals surface area contributed by atoms with Crippen molar-refractivity contribution in [2.45, 2.75) is 13.1 Å². The first kappa shape index (κ1) is 12.3. The molecule has 0 aliphatic carbocycles. The van der Waals surface area contributed by atoms with Crippen LogP contribution in [0.25, 0.3) is 11.1 Å². The fraction of sp³-hybridized carbons (Fsp3) is 0.167. The van der Waals surface area contributed by atoms with E-state index in [-0.39, 0.29) is 5.82 Å². The number of aromatic nitrogens is 2. The van der Waals surface area contributed by atoms with Gasteiger partial charge in [-0.25, -0.2) is 9.97 Å². The zero-order valence-electron chi connectivity index (χ0n) is 9.49. The lowest BCUT2D eigenvalue weighted by atomic mass is 10.1. The molecule has 0 spiro atoms. The van der Waals surface area contributed by atoms with E-state index in [9.17, 15) is 13.2 Å². The van der Waals surface area contributed by atoms with E-state index in [1.807, 2.05) is 0 Å². The fourth-order valence-corrected chi connectivity index (χ4v) is 1.55. The van der Waals surface area contributed by atoms with Gasteiger partial charge in [0.2, 0.25) is 0 Å². The Morgan fingerprint density at radius 3 is 2.22 bits per heavy atom. The molecule has 0 unspecified atom stereocenters. The van der Waals surface area contributed by atoms with Crippen LogP contribution in [0, 0.1) is 6.92 Å². The highest BCUT2D eigenvalue weighted by atomic mass is 19.4. The van der Waals surface area contributed by atoms with Crippen molar-refractivity contribution in [1.82, 2.24) is 9.97 Å². The Morgan fingerprint density at radius 2 is 1.72 bits per heavy atom. The molecule has 1 aromatic heterocycles. The molecule has 3 nitrogen and oxygen atoms in total. The number of aryl methyl sites for hydroxylation is 1. The van der Waals surface area contributed by atoms with Crippen LogP contribution >= 0.6 is 0 Å². The van der Waals surface area contributed by atoms with E-state index < -0.39 is 11.7 Å². The number of anilines is 1. The summed E-state index contributed by atoms with van der Waals surface area (Å²) in [5.41, 5.74) is 6.09. The van der Waals surface area contributed by atoms with Gasteiger partial charge < -0.3 is 5.73 Å². The lowest BCUT2D eigenvalue weighted by molar-refractivity contribution is -0.137. The standard InChI is InChI=1S/C12H10F3N3/c1-7-17-6-10(11(16)18-7)8-2-4-9(5-3-8)12(13,14)15/h2-6H,1H3,(H2,16,17,18). The van der Waals surface area contributed by atoms with E-state index >= 15 is 0 Å². The molecule has 18 heavy (non-hydrogen) atoms. The molecule has 1 heterocycles. The molecular formula is C12H10F3N3. The summed E-state index contributed by atoms with van der Waals surface area (Å²) >= 11 is 0. The Bertz CT molecular complexity index is 562. The molecule has 0 fully saturated rings. The highest BCUT2D eigenvalue weighted by Gasteiger charge is 2.30. The minimum absolute atomic E-state index is 0.252. The number of rotatable bonds is 1. The first-order valence-electron chi connectivity index (χ1n) is 5.14. The molecule has 1 aromatic carbocycles. The van der Waals surface area contributed by atoms with Crippen molar-refractivity contribution >= 4 is 5.82 Å². The van der Waals surface area contributed by atoms with Gasteiger partial charge in [0.05, 0.1) is 5.56 Å². The molecule has 2 rings (SSSR count). The summed E-state index contributed by atoms with van der Waals surface area (Å²) in [4.78, 5) is 7.94. The largest absolute Gasteiger partial charge is 0.416 e. The first-order chi connectivity index (χ1) is 8.38. The number of nitrogen functional groups attached to an aromatic ring is 1. The number of hydrogen-bond donors (Lipinski definition) is 1. The third kappa shape index (κ3) is 2.42. The van der Waals surface area contributed by atoms with Crippen molar-refractivity contribution in [2.24, 2.45) is 0 Å². The van der Waals surface area contributed by atoms with Crippen LogP contribution in [0.1, 0.15) is 11.4 Å². The average molecular weight is 253 g/mol. The van der Waals surface area contributed by atoms with Crippen LogP contribution in [0.4, 0.5) is 19.0 Å². The Kier molecular flexibility index (Phi) is 2.94. The van der Waals surface area contributed by atoms with E-state index in [1.54, 1.807) is 6.92 Å². The SMILES string of the molecule is Cc1ncc(-c2ccc(C(F)(F)F)cc2)c(N)n1. The number of nitrogens with two attached hydrogens (primary N) is 1. The smallest absolute Gasteiger partial charge is 0.383 e. The molecule has 6 heteroatoms. The molecule has 0 bridgehead atoms.